The van der Waals surface area contributed by atoms with Crippen LogP contribution in [-0.2, 0) is 4.43 Å². The first kappa shape index (κ1) is 19.1. The molecule has 0 fully saturated rings. The highest BCUT2D eigenvalue weighted by molar-refractivity contribution is 6.48. The molecule has 1 N–H and O–H groups in total. The first-order chi connectivity index (χ1) is 8.99. The van der Waals surface area contributed by atoms with Gasteiger partial charge < -0.3 is 14.3 Å². The summed E-state index contributed by atoms with van der Waals surface area (Å²) in [5.74, 6) is 1.49. The SMILES string of the molecule is CCCN[SiH](CCN(CC(C)C)CC(C)C)OCC. The summed E-state index contributed by atoms with van der Waals surface area (Å²) in [5.41, 5.74) is 0. The minimum Gasteiger partial charge on any atom is -0.406 e. The molecule has 0 aliphatic heterocycles. The van der Waals surface area contributed by atoms with Crippen molar-refractivity contribution in [3.05, 3.63) is 0 Å². The topological polar surface area (TPSA) is 24.5 Å². The van der Waals surface area contributed by atoms with E-state index in [0.29, 0.717) is 0 Å². The van der Waals surface area contributed by atoms with Gasteiger partial charge >= 0.3 is 0 Å². The molecule has 0 amide bonds. The molecule has 0 bridgehead atoms. The maximum atomic E-state index is 5.91. The van der Waals surface area contributed by atoms with Gasteiger partial charge in [-0.15, -0.1) is 0 Å². The molecular formula is C15H36N2OSi. The van der Waals surface area contributed by atoms with Crippen molar-refractivity contribution in [3.8, 4) is 0 Å². The van der Waals surface area contributed by atoms with E-state index in [-0.39, 0.29) is 0 Å². The second-order valence-electron chi connectivity index (χ2n) is 6.23. The van der Waals surface area contributed by atoms with Crippen LogP contribution in [0.15, 0.2) is 0 Å². The number of nitrogens with zero attached hydrogens (tertiary/aromatic N) is 1. The van der Waals surface area contributed by atoms with Gasteiger partial charge in [-0.3, -0.25) is 0 Å². The van der Waals surface area contributed by atoms with Gasteiger partial charge in [0.1, 0.15) is 0 Å². The van der Waals surface area contributed by atoms with Crippen molar-refractivity contribution in [1.82, 2.24) is 9.88 Å². The van der Waals surface area contributed by atoms with Crippen LogP contribution in [0.3, 0.4) is 0 Å². The predicted octanol–water partition coefficient (Wildman–Crippen LogP) is 2.86. The van der Waals surface area contributed by atoms with Crippen molar-refractivity contribution in [2.45, 2.75) is 54.0 Å². The summed E-state index contributed by atoms with van der Waals surface area (Å²) < 4.78 is 5.91. The van der Waals surface area contributed by atoms with Gasteiger partial charge in [-0.05, 0) is 44.3 Å². The van der Waals surface area contributed by atoms with Crippen molar-refractivity contribution >= 4 is 9.20 Å². The highest BCUT2D eigenvalue weighted by Gasteiger charge is 2.15. The van der Waals surface area contributed by atoms with Gasteiger partial charge in [0.15, 0.2) is 0 Å². The van der Waals surface area contributed by atoms with E-state index < -0.39 is 9.20 Å². The van der Waals surface area contributed by atoms with Crippen molar-refractivity contribution in [2.75, 3.05) is 32.8 Å². The van der Waals surface area contributed by atoms with Crippen LogP contribution in [-0.4, -0.2) is 46.9 Å². The van der Waals surface area contributed by atoms with Gasteiger partial charge in [0.2, 0.25) is 0 Å². The predicted molar refractivity (Wildman–Crippen MR) is 88.0 cm³/mol. The van der Waals surface area contributed by atoms with Crippen LogP contribution in [0.2, 0.25) is 6.04 Å². The maximum absolute atomic E-state index is 5.91. The Kier molecular flexibility index (Phi) is 11.9. The molecule has 116 valence electrons. The lowest BCUT2D eigenvalue weighted by atomic mass is 10.1. The average Bonchev–Trinajstić information content (AvgIpc) is 2.31. The first-order valence-corrected chi connectivity index (χ1v) is 9.93. The Morgan fingerprint density at radius 2 is 1.63 bits per heavy atom. The van der Waals surface area contributed by atoms with Crippen molar-refractivity contribution in [1.29, 1.82) is 0 Å². The molecule has 0 aromatic rings. The molecule has 0 saturated heterocycles. The summed E-state index contributed by atoms with van der Waals surface area (Å²) in [5, 5.41) is 0. The lowest BCUT2D eigenvalue weighted by Crippen LogP contribution is -2.42. The lowest BCUT2D eigenvalue weighted by Gasteiger charge is -2.27. The maximum Gasteiger partial charge on any atom is 0.253 e. The van der Waals surface area contributed by atoms with E-state index in [1.165, 1.54) is 32.1 Å². The molecule has 4 heteroatoms. The minimum atomic E-state index is -1.19. The second kappa shape index (κ2) is 11.9. The number of hydrogen-bond donors (Lipinski definition) is 1. The molecule has 3 nitrogen and oxygen atoms in total. The highest BCUT2D eigenvalue weighted by Crippen LogP contribution is 2.06. The molecule has 19 heavy (non-hydrogen) atoms. The second-order valence-corrected chi connectivity index (χ2v) is 8.53. The van der Waals surface area contributed by atoms with Gasteiger partial charge in [0, 0.05) is 19.7 Å². The smallest absolute Gasteiger partial charge is 0.253 e. The third-order valence-electron chi connectivity index (χ3n) is 2.94. The lowest BCUT2D eigenvalue weighted by molar-refractivity contribution is 0.224. The van der Waals surface area contributed by atoms with Gasteiger partial charge in [0.25, 0.3) is 9.20 Å². The monoisotopic (exact) mass is 288 g/mol. The largest absolute Gasteiger partial charge is 0.406 e. The van der Waals surface area contributed by atoms with Crippen LogP contribution in [0.4, 0.5) is 0 Å². The van der Waals surface area contributed by atoms with E-state index in [0.717, 1.165) is 25.0 Å². The zero-order valence-corrected chi connectivity index (χ0v) is 15.2. The summed E-state index contributed by atoms with van der Waals surface area (Å²) in [6.45, 7) is 19.1. The Morgan fingerprint density at radius 1 is 1.05 bits per heavy atom. The van der Waals surface area contributed by atoms with Crippen LogP contribution in [0.25, 0.3) is 0 Å². The first-order valence-electron chi connectivity index (χ1n) is 8.06. The van der Waals surface area contributed by atoms with Gasteiger partial charge in [-0.25, -0.2) is 0 Å². The standard InChI is InChI=1S/C15H36N2OSi/c1-7-9-16-19(18-8-2)11-10-17(12-14(3)4)13-15(5)6/h14-16,19H,7-13H2,1-6H3. The molecule has 0 rings (SSSR count). The normalized spacial score (nSPS) is 13.7. The van der Waals surface area contributed by atoms with Gasteiger partial charge in [-0.2, -0.15) is 0 Å². The molecule has 0 spiro atoms. The Bertz CT molecular complexity index is 191. The molecule has 0 aromatic heterocycles. The van der Waals surface area contributed by atoms with Crippen LogP contribution in [0.5, 0.6) is 0 Å². The minimum absolute atomic E-state index is 0.745. The fourth-order valence-electron chi connectivity index (χ4n) is 2.34. The van der Waals surface area contributed by atoms with Crippen molar-refractivity contribution in [2.24, 2.45) is 11.8 Å². The molecular weight excluding hydrogens is 252 g/mol. The Labute approximate surface area is 122 Å². The quantitative estimate of drug-likeness (QED) is 0.559. The van der Waals surface area contributed by atoms with Gasteiger partial charge in [0.05, 0.1) is 0 Å². The zero-order chi connectivity index (χ0) is 14.7. The third kappa shape index (κ3) is 11.6. The fraction of sp³-hybridized carbons (Fsp3) is 1.00. The summed E-state index contributed by atoms with van der Waals surface area (Å²) in [6, 6.07) is 1.22. The summed E-state index contributed by atoms with van der Waals surface area (Å²) in [6.07, 6.45) is 1.19. The molecule has 0 aliphatic carbocycles. The Balaban J connectivity index is 4.14. The zero-order valence-electron chi connectivity index (χ0n) is 14.0. The molecule has 0 radical (unpaired) electrons. The molecule has 0 aromatic carbocycles. The van der Waals surface area contributed by atoms with E-state index in [1.807, 2.05) is 0 Å². The van der Waals surface area contributed by atoms with E-state index >= 15 is 0 Å². The van der Waals surface area contributed by atoms with Crippen molar-refractivity contribution in [3.63, 3.8) is 0 Å². The van der Waals surface area contributed by atoms with E-state index in [1.54, 1.807) is 0 Å². The van der Waals surface area contributed by atoms with E-state index in [9.17, 15) is 0 Å². The average molecular weight is 289 g/mol. The molecule has 0 aliphatic rings. The Morgan fingerprint density at radius 3 is 2.05 bits per heavy atom. The summed E-state index contributed by atoms with van der Waals surface area (Å²) >= 11 is 0. The van der Waals surface area contributed by atoms with Crippen LogP contribution in [0, 0.1) is 11.8 Å². The summed E-state index contributed by atoms with van der Waals surface area (Å²) in [4.78, 5) is 6.24. The molecule has 0 saturated carbocycles. The number of rotatable bonds is 12. The molecule has 1 unspecified atom stereocenters. The number of hydrogen-bond acceptors (Lipinski definition) is 3. The van der Waals surface area contributed by atoms with Crippen LogP contribution < -0.4 is 4.98 Å². The van der Waals surface area contributed by atoms with E-state index in [2.05, 4.69) is 51.4 Å². The fourth-order valence-corrected chi connectivity index (χ4v) is 4.44. The van der Waals surface area contributed by atoms with Crippen molar-refractivity contribution < 1.29 is 4.43 Å². The van der Waals surface area contributed by atoms with Crippen LogP contribution in [0.1, 0.15) is 48.0 Å². The third-order valence-corrected chi connectivity index (χ3v) is 5.21. The van der Waals surface area contributed by atoms with Gasteiger partial charge in [-0.1, -0.05) is 34.6 Å². The number of nitrogens with one attached hydrogen (secondary N) is 1. The highest BCUT2D eigenvalue weighted by atomic mass is 28.3. The molecule has 1 atom stereocenters. The van der Waals surface area contributed by atoms with E-state index in [4.69, 9.17) is 4.43 Å². The Hall–Kier alpha value is 0.0969. The summed E-state index contributed by atoms with van der Waals surface area (Å²) in [7, 11) is -1.19. The molecule has 0 heterocycles. The van der Waals surface area contributed by atoms with Crippen LogP contribution >= 0.6 is 0 Å².